The van der Waals surface area contributed by atoms with Crippen molar-refractivity contribution in [3.63, 3.8) is 0 Å². The van der Waals surface area contributed by atoms with Crippen LogP contribution in [0.5, 0.6) is 5.75 Å². The number of methoxy groups -OCH3 is 1. The minimum atomic E-state index is -0.472. The van der Waals surface area contributed by atoms with E-state index in [1.165, 1.54) is 6.08 Å². The van der Waals surface area contributed by atoms with Crippen LogP contribution >= 0.6 is 0 Å². The van der Waals surface area contributed by atoms with Crippen LogP contribution in [0.3, 0.4) is 0 Å². The third-order valence-electron chi connectivity index (χ3n) is 4.12. The lowest BCUT2D eigenvalue weighted by atomic mass is 10.2. The van der Waals surface area contributed by atoms with Gasteiger partial charge >= 0.3 is 0 Å². The van der Waals surface area contributed by atoms with Gasteiger partial charge in [-0.05, 0) is 48.7 Å². The molecule has 1 saturated carbocycles. The van der Waals surface area contributed by atoms with Gasteiger partial charge in [0, 0.05) is 17.7 Å². The van der Waals surface area contributed by atoms with Crippen molar-refractivity contribution in [1.82, 2.24) is 0 Å². The summed E-state index contributed by atoms with van der Waals surface area (Å²) >= 11 is 0. The molecule has 24 heavy (non-hydrogen) atoms. The Morgan fingerprint density at radius 2 is 2.04 bits per heavy atom. The first kappa shape index (κ1) is 15.9. The minimum absolute atomic E-state index is 0.00411. The van der Waals surface area contributed by atoms with Crippen LogP contribution in [0.1, 0.15) is 30.8 Å². The molecule has 5 nitrogen and oxygen atoms in total. The van der Waals surface area contributed by atoms with Gasteiger partial charge in [-0.2, -0.15) is 5.26 Å². The number of nitrogens with one attached hydrogen (secondary N) is 1. The molecule has 122 valence electrons. The SMILES string of the molecule is COc1ccc(NC(=O)/C(C#N)=C/c2ccc([C@@H]3C[C@H]3C)o2)cc1. The molecule has 2 aromatic rings. The number of amides is 1. The quantitative estimate of drug-likeness (QED) is 0.668. The summed E-state index contributed by atoms with van der Waals surface area (Å²) < 4.78 is 10.8. The first-order chi connectivity index (χ1) is 11.6. The second kappa shape index (κ2) is 6.63. The van der Waals surface area contributed by atoms with Crippen LogP contribution in [0.25, 0.3) is 6.08 Å². The number of ether oxygens (including phenoxy) is 1. The van der Waals surface area contributed by atoms with Crippen molar-refractivity contribution in [3.8, 4) is 11.8 Å². The second-order valence-electron chi connectivity index (χ2n) is 5.91. The lowest BCUT2D eigenvalue weighted by molar-refractivity contribution is -0.112. The molecule has 0 radical (unpaired) electrons. The summed E-state index contributed by atoms with van der Waals surface area (Å²) in [5.74, 6) is 2.77. The number of benzene rings is 1. The summed E-state index contributed by atoms with van der Waals surface area (Å²) in [7, 11) is 1.57. The number of anilines is 1. The number of carbonyl (C=O) groups excluding carboxylic acids is 1. The van der Waals surface area contributed by atoms with E-state index in [-0.39, 0.29) is 5.57 Å². The van der Waals surface area contributed by atoms with Crippen molar-refractivity contribution < 1.29 is 13.9 Å². The van der Waals surface area contributed by atoms with E-state index in [4.69, 9.17) is 9.15 Å². The third kappa shape index (κ3) is 3.49. The molecule has 0 aliphatic heterocycles. The van der Waals surface area contributed by atoms with E-state index in [1.54, 1.807) is 37.4 Å². The molecule has 1 fully saturated rings. The average Bonchev–Trinajstić information content (AvgIpc) is 3.14. The zero-order chi connectivity index (χ0) is 17.1. The van der Waals surface area contributed by atoms with Crippen LogP contribution in [-0.4, -0.2) is 13.0 Å². The predicted molar refractivity (Wildman–Crippen MR) is 90.4 cm³/mol. The molecule has 1 aromatic carbocycles. The minimum Gasteiger partial charge on any atom is -0.497 e. The molecule has 0 saturated heterocycles. The first-order valence-electron chi connectivity index (χ1n) is 7.77. The van der Waals surface area contributed by atoms with E-state index in [1.807, 2.05) is 12.1 Å². The van der Waals surface area contributed by atoms with Gasteiger partial charge in [0.2, 0.25) is 0 Å². The number of rotatable bonds is 5. The fraction of sp³-hybridized carbons (Fsp3) is 0.263. The number of nitrogens with zero attached hydrogens (tertiary/aromatic N) is 1. The zero-order valence-corrected chi connectivity index (χ0v) is 13.6. The van der Waals surface area contributed by atoms with Gasteiger partial charge in [-0.25, -0.2) is 0 Å². The third-order valence-corrected chi connectivity index (χ3v) is 4.12. The summed E-state index contributed by atoms with van der Waals surface area (Å²) in [6.45, 7) is 2.17. The molecule has 2 atom stereocenters. The molecule has 1 aliphatic rings. The van der Waals surface area contributed by atoms with E-state index in [9.17, 15) is 10.1 Å². The molecule has 0 bridgehead atoms. The standard InChI is InChI=1S/C19H18N2O3/c1-12-9-17(12)18-8-7-16(24-18)10-13(11-20)19(22)21-14-3-5-15(23-2)6-4-14/h3-8,10,12,17H,9H2,1-2H3,(H,21,22)/b13-10+/t12-,17-/m1/s1. The molecular formula is C19H18N2O3. The van der Waals surface area contributed by atoms with Crippen LogP contribution in [0.4, 0.5) is 5.69 Å². The summed E-state index contributed by atoms with van der Waals surface area (Å²) in [4.78, 5) is 12.2. The van der Waals surface area contributed by atoms with Gasteiger partial charge in [0.15, 0.2) is 0 Å². The van der Waals surface area contributed by atoms with E-state index >= 15 is 0 Å². The highest BCUT2D eigenvalue weighted by Crippen LogP contribution is 2.47. The first-order valence-corrected chi connectivity index (χ1v) is 7.77. The zero-order valence-electron chi connectivity index (χ0n) is 13.6. The molecule has 5 heteroatoms. The number of furan rings is 1. The Hall–Kier alpha value is -3.00. The monoisotopic (exact) mass is 322 g/mol. The fourth-order valence-electron chi connectivity index (χ4n) is 2.53. The lowest BCUT2D eigenvalue weighted by Gasteiger charge is -2.05. The largest absolute Gasteiger partial charge is 0.497 e. The molecule has 1 heterocycles. The predicted octanol–water partition coefficient (Wildman–Crippen LogP) is 3.96. The van der Waals surface area contributed by atoms with Crippen LogP contribution in [0.2, 0.25) is 0 Å². The summed E-state index contributed by atoms with van der Waals surface area (Å²) in [5, 5.41) is 11.9. The van der Waals surface area contributed by atoms with Crippen LogP contribution < -0.4 is 10.1 Å². The maximum atomic E-state index is 12.2. The number of nitriles is 1. The van der Waals surface area contributed by atoms with Crippen molar-refractivity contribution in [2.75, 3.05) is 12.4 Å². The van der Waals surface area contributed by atoms with Gasteiger partial charge in [-0.15, -0.1) is 0 Å². The van der Waals surface area contributed by atoms with E-state index in [2.05, 4.69) is 12.2 Å². The van der Waals surface area contributed by atoms with E-state index in [0.29, 0.717) is 29.0 Å². The Bertz CT molecular complexity index is 812. The summed E-state index contributed by atoms with van der Waals surface area (Å²) in [6, 6.07) is 12.5. The van der Waals surface area contributed by atoms with Crippen LogP contribution in [0.15, 0.2) is 46.4 Å². The van der Waals surface area contributed by atoms with Crippen molar-refractivity contribution in [1.29, 1.82) is 5.26 Å². The number of carbonyl (C=O) groups is 1. The smallest absolute Gasteiger partial charge is 0.266 e. The Kier molecular flexibility index (Phi) is 4.39. The topological polar surface area (TPSA) is 75.3 Å². The Morgan fingerprint density at radius 3 is 2.62 bits per heavy atom. The van der Waals surface area contributed by atoms with E-state index in [0.717, 1.165) is 12.2 Å². The normalized spacial score (nSPS) is 19.5. The van der Waals surface area contributed by atoms with Gasteiger partial charge < -0.3 is 14.5 Å². The van der Waals surface area contributed by atoms with Gasteiger partial charge in [0.25, 0.3) is 5.91 Å². The maximum absolute atomic E-state index is 12.2. The fourth-order valence-corrected chi connectivity index (χ4v) is 2.53. The van der Waals surface area contributed by atoms with Crippen LogP contribution in [-0.2, 0) is 4.79 Å². The van der Waals surface area contributed by atoms with Gasteiger partial charge in [0.1, 0.15) is 28.9 Å². The Morgan fingerprint density at radius 1 is 1.33 bits per heavy atom. The highest BCUT2D eigenvalue weighted by atomic mass is 16.5. The molecule has 0 unspecified atom stereocenters. The lowest BCUT2D eigenvalue weighted by Crippen LogP contribution is -2.13. The second-order valence-corrected chi connectivity index (χ2v) is 5.91. The van der Waals surface area contributed by atoms with E-state index < -0.39 is 5.91 Å². The molecule has 1 aromatic heterocycles. The summed E-state index contributed by atoms with van der Waals surface area (Å²) in [6.07, 6.45) is 2.59. The van der Waals surface area contributed by atoms with Crippen molar-refractivity contribution in [2.24, 2.45) is 5.92 Å². The molecular weight excluding hydrogens is 304 g/mol. The van der Waals surface area contributed by atoms with Crippen molar-refractivity contribution in [2.45, 2.75) is 19.3 Å². The molecule has 3 rings (SSSR count). The van der Waals surface area contributed by atoms with Gasteiger partial charge in [0.05, 0.1) is 7.11 Å². The van der Waals surface area contributed by atoms with Gasteiger partial charge in [-0.1, -0.05) is 6.92 Å². The average molecular weight is 322 g/mol. The maximum Gasteiger partial charge on any atom is 0.266 e. The molecule has 1 N–H and O–H groups in total. The Balaban J connectivity index is 1.71. The molecule has 0 spiro atoms. The highest BCUT2D eigenvalue weighted by molar-refractivity contribution is 6.09. The molecule has 1 aliphatic carbocycles. The Labute approximate surface area is 140 Å². The number of hydrogen-bond donors (Lipinski definition) is 1. The highest BCUT2D eigenvalue weighted by Gasteiger charge is 2.36. The number of hydrogen-bond acceptors (Lipinski definition) is 4. The molecule has 1 amide bonds. The van der Waals surface area contributed by atoms with Crippen molar-refractivity contribution >= 4 is 17.7 Å². The van der Waals surface area contributed by atoms with Gasteiger partial charge in [-0.3, -0.25) is 4.79 Å². The van der Waals surface area contributed by atoms with Crippen molar-refractivity contribution in [3.05, 3.63) is 53.5 Å². The van der Waals surface area contributed by atoms with Crippen LogP contribution in [0, 0.1) is 17.2 Å². The summed E-state index contributed by atoms with van der Waals surface area (Å²) in [5.41, 5.74) is 0.587.